The van der Waals surface area contributed by atoms with E-state index in [-0.39, 0.29) is 0 Å². The number of nitrogens with one attached hydrogen (secondary N) is 1. The Hall–Kier alpha value is -1.14. The summed E-state index contributed by atoms with van der Waals surface area (Å²) in [6, 6.07) is 0. The first-order valence-corrected chi connectivity index (χ1v) is 6.14. The smallest absolute Gasteiger partial charge is 0.205 e. The topological polar surface area (TPSA) is 55.6 Å². The molecule has 0 fully saturated rings. The van der Waals surface area contributed by atoms with Crippen LogP contribution in [0.1, 0.15) is 17.6 Å². The summed E-state index contributed by atoms with van der Waals surface area (Å²) >= 11 is 7.45. The van der Waals surface area contributed by atoms with Crippen molar-refractivity contribution >= 4 is 28.1 Å². The Bertz CT molecular complexity index is 458. The molecule has 0 aliphatic rings. The molecule has 86 valence electrons. The molecule has 0 aromatic carbocycles. The predicted octanol–water partition coefficient (Wildman–Crippen LogP) is 2.18. The van der Waals surface area contributed by atoms with Crippen molar-refractivity contribution in [2.45, 2.75) is 20.4 Å². The zero-order chi connectivity index (χ0) is 11.5. The number of rotatable bonds is 4. The molecule has 2 aromatic heterocycles. The summed E-state index contributed by atoms with van der Waals surface area (Å²) in [6.07, 6.45) is 1.80. The van der Waals surface area contributed by atoms with Crippen LogP contribution in [0.25, 0.3) is 0 Å². The zero-order valence-corrected chi connectivity index (χ0v) is 10.6. The molecule has 7 heteroatoms. The maximum atomic E-state index is 5.92. The van der Waals surface area contributed by atoms with Gasteiger partial charge in [0.2, 0.25) is 5.13 Å². The molecular weight excluding hydrogens is 246 g/mol. The van der Waals surface area contributed by atoms with Crippen molar-refractivity contribution in [3.05, 3.63) is 21.9 Å². The van der Waals surface area contributed by atoms with E-state index in [4.69, 9.17) is 11.6 Å². The van der Waals surface area contributed by atoms with E-state index in [0.29, 0.717) is 11.6 Å². The molecule has 0 spiro atoms. The van der Waals surface area contributed by atoms with Gasteiger partial charge in [-0.2, -0.15) is 5.10 Å². The van der Waals surface area contributed by atoms with E-state index in [1.165, 1.54) is 11.3 Å². The molecule has 0 atom stereocenters. The van der Waals surface area contributed by atoms with Gasteiger partial charge < -0.3 is 5.32 Å². The van der Waals surface area contributed by atoms with Crippen LogP contribution in [-0.4, -0.2) is 26.5 Å². The van der Waals surface area contributed by atoms with Crippen LogP contribution >= 0.6 is 22.9 Å². The second-order valence-electron chi connectivity index (χ2n) is 3.29. The average Bonchev–Trinajstić information content (AvgIpc) is 2.77. The van der Waals surface area contributed by atoms with Crippen LogP contribution < -0.4 is 5.32 Å². The van der Waals surface area contributed by atoms with E-state index in [9.17, 15) is 0 Å². The van der Waals surface area contributed by atoms with Gasteiger partial charge in [0.15, 0.2) is 0 Å². The molecule has 0 bridgehead atoms. The van der Waals surface area contributed by atoms with Crippen molar-refractivity contribution in [1.82, 2.24) is 20.0 Å². The van der Waals surface area contributed by atoms with Crippen molar-refractivity contribution in [2.75, 3.05) is 11.9 Å². The number of hydrogen-bond donors (Lipinski definition) is 1. The Morgan fingerprint density at radius 1 is 1.50 bits per heavy atom. The fourth-order valence-corrected chi connectivity index (χ4v) is 2.20. The van der Waals surface area contributed by atoms with Crippen LogP contribution in [-0.2, 0) is 6.54 Å². The lowest BCUT2D eigenvalue weighted by Crippen LogP contribution is -1.99. The zero-order valence-electron chi connectivity index (χ0n) is 9.07. The Morgan fingerprint density at radius 3 is 2.94 bits per heavy atom. The molecule has 5 nitrogen and oxygen atoms in total. The van der Waals surface area contributed by atoms with Gasteiger partial charge in [-0.15, -0.1) is 10.2 Å². The van der Waals surface area contributed by atoms with Gasteiger partial charge >= 0.3 is 0 Å². The molecule has 2 heterocycles. The van der Waals surface area contributed by atoms with Crippen LogP contribution in [0.15, 0.2) is 6.20 Å². The van der Waals surface area contributed by atoms with Gasteiger partial charge in [0.05, 0.1) is 17.3 Å². The lowest BCUT2D eigenvalue weighted by Gasteiger charge is -1.95. The van der Waals surface area contributed by atoms with E-state index < -0.39 is 0 Å². The Balaban J connectivity index is 2.08. The highest BCUT2D eigenvalue weighted by Gasteiger charge is 2.06. The summed E-state index contributed by atoms with van der Waals surface area (Å²) in [7, 11) is 0. The predicted molar refractivity (Wildman–Crippen MR) is 65.1 cm³/mol. The molecule has 2 aromatic rings. The van der Waals surface area contributed by atoms with Gasteiger partial charge in [-0.25, -0.2) is 0 Å². The second kappa shape index (κ2) is 4.80. The highest BCUT2D eigenvalue weighted by molar-refractivity contribution is 7.15. The summed E-state index contributed by atoms with van der Waals surface area (Å²) in [6.45, 7) is 5.36. The molecule has 0 amide bonds. The number of anilines is 1. The standard InChI is InChI=1S/C9H12ClN5S/c1-3-11-9-13-12-8(16-9)5-15-4-7(10)6(2)14-15/h4H,3,5H2,1-2H3,(H,11,13). The lowest BCUT2D eigenvalue weighted by molar-refractivity contribution is 0.670. The molecule has 0 aliphatic heterocycles. The van der Waals surface area contributed by atoms with Crippen molar-refractivity contribution < 1.29 is 0 Å². The third-order valence-electron chi connectivity index (χ3n) is 1.98. The monoisotopic (exact) mass is 257 g/mol. The van der Waals surface area contributed by atoms with Crippen molar-refractivity contribution in [3.8, 4) is 0 Å². The van der Waals surface area contributed by atoms with Gasteiger partial charge in [-0.3, -0.25) is 4.68 Å². The molecular formula is C9H12ClN5S. The van der Waals surface area contributed by atoms with Crippen LogP contribution in [0.5, 0.6) is 0 Å². The molecule has 16 heavy (non-hydrogen) atoms. The number of halogens is 1. The first-order valence-electron chi connectivity index (χ1n) is 4.95. The molecule has 0 saturated heterocycles. The maximum Gasteiger partial charge on any atom is 0.205 e. The summed E-state index contributed by atoms with van der Waals surface area (Å²) in [5.41, 5.74) is 0.832. The van der Waals surface area contributed by atoms with E-state index in [1.807, 2.05) is 13.8 Å². The molecule has 1 N–H and O–H groups in total. The highest BCUT2D eigenvalue weighted by Crippen LogP contribution is 2.17. The number of aryl methyl sites for hydroxylation is 1. The number of hydrogen-bond acceptors (Lipinski definition) is 5. The fraction of sp³-hybridized carbons (Fsp3) is 0.444. The minimum atomic E-state index is 0.608. The van der Waals surface area contributed by atoms with Crippen LogP contribution in [0.2, 0.25) is 5.02 Å². The van der Waals surface area contributed by atoms with Gasteiger partial charge in [0.25, 0.3) is 0 Å². The minimum Gasteiger partial charge on any atom is -0.360 e. The van der Waals surface area contributed by atoms with E-state index in [2.05, 4.69) is 20.6 Å². The van der Waals surface area contributed by atoms with E-state index in [1.54, 1.807) is 10.9 Å². The molecule has 0 unspecified atom stereocenters. The largest absolute Gasteiger partial charge is 0.360 e. The van der Waals surface area contributed by atoms with E-state index in [0.717, 1.165) is 22.4 Å². The maximum absolute atomic E-state index is 5.92. The van der Waals surface area contributed by atoms with Crippen LogP contribution in [0.3, 0.4) is 0 Å². The average molecular weight is 258 g/mol. The Morgan fingerprint density at radius 2 is 2.31 bits per heavy atom. The summed E-state index contributed by atoms with van der Waals surface area (Å²) in [4.78, 5) is 0. The summed E-state index contributed by atoms with van der Waals surface area (Å²) < 4.78 is 1.77. The van der Waals surface area contributed by atoms with Crippen molar-refractivity contribution in [1.29, 1.82) is 0 Å². The lowest BCUT2D eigenvalue weighted by atomic mass is 10.5. The summed E-state index contributed by atoms with van der Waals surface area (Å²) in [5.74, 6) is 0. The molecule has 0 saturated carbocycles. The van der Waals surface area contributed by atoms with E-state index >= 15 is 0 Å². The Kier molecular flexibility index (Phi) is 3.40. The molecule has 2 rings (SSSR count). The van der Waals surface area contributed by atoms with Gasteiger partial charge in [0, 0.05) is 12.7 Å². The normalized spacial score (nSPS) is 10.7. The quantitative estimate of drug-likeness (QED) is 0.912. The molecule has 0 radical (unpaired) electrons. The Labute approximate surface area is 102 Å². The van der Waals surface area contributed by atoms with Crippen LogP contribution in [0.4, 0.5) is 5.13 Å². The SMILES string of the molecule is CCNc1nnc(Cn2cc(Cl)c(C)n2)s1. The highest BCUT2D eigenvalue weighted by atomic mass is 35.5. The fourth-order valence-electron chi connectivity index (χ4n) is 1.25. The number of nitrogens with zero attached hydrogens (tertiary/aromatic N) is 4. The van der Waals surface area contributed by atoms with Gasteiger partial charge in [-0.1, -0.05) is 22.9 Å². The van der Waals surface area contributed by atoms with Gasteiger partial charge in [-0.05, 0) is 13.8 Å². The number of aromatic nitrogens is 4. The van der Waals surface area contributed by atoms with Crippen LogP contribution in [0, 0.1) is 6.92 Å². The minimum absolute atomic E-state index is 0.608. The van der Waals surface area contributed by atoms with Crippen molar-refractivity contribution in [2.24, 2.45) is 0 Å². The third-order valence-corrected chi connectivity index (χ3v) is 3.22. The van der Waals surface area contributed by atoms with Crippen molar-refractivity contribution in [3.63, 3.8) is 0 Å². The third kappa shape index (κ3) is 2.51. The second-order valence-corrected chi connectivity index (χ2v) is 4.76. The first-order chi connectivity index (χ1) is 7.69. The first kappa shape index (κ1) is 11.3. The molecule has 0 aliphatic carbocycles. The summed E-state index contributed by atoms with van der Waals surface area (Å²) in [5, 5.41) is 17.9. The van der Waals surface area contributed by atoms with Gasteiger partial charge in [0.1, 0.15) is 5.01 Å².